The summed E-state index contributed by atoms with van der Waals surface area (Å²) < 4.78 is 25.1. The van der Waals surface area contributed by atoms with Crippen LogP contribution in [0.3, 0.4) is 0 Å². The first-order valence-corrected chi connectivity index (χ1v) is 11.7. The lowest BCUT2D eigenvalue weighted by atomic mass is 10.1. The molecule has 1 aliphatic carbocycles. The van der Waals surface area contributed by atoms with Crippen LogP contribution in [-0.4, -0.2) is 37.8 Å². The van der Waals surface area contributed by atoms with Crippen LogP contribution >= 0.6 is 11.8 Å². The highest BCUT2D eigenvalue weighted by atomic mass is 32.2. The average Bonchev–Trinajstić information content (AvgIpc) is 2.88. The third-order valence-corrected chi connectivity index (χ3v) is 7.53. The number of carbonyl (C=O) groups excluding carboxylic acids is 2. The molecule has 1 aromatic carbocycles. The zero-order valence-electron chi connectivity index (χ0n) is 14.6. The van der Waals surface area contributed by atoms with Crippen LogP contribution in [0.1, 0.15) is 44.9 Å². The fourth-order valence-corrected chi connectivity index (χ4v) is 5.50. The molecular weight excluding hydrogens is 372 g/mol. The number of carbonyl (C=O) groups is 2. The summed E-state index contributed by atoms with van der Waals surface area (Å²) in [7, 11) is -3.54. The monoisotopic (exact) mass is 396 g/mol. The highest BCUT2D eigenvalue weighted by Crippen LogP contribution is 2.33. The second kappa shape index (κ2) is 8.43. The van der Waals surface area contributed by atoms with Crippen molar-refractivity contribution in [3.8, 4) is 0 Å². The third kappa shape index (κ3) is 5.01. The van der Waals surface area contributed by atoms with Gasteiger partial charge in [-0.25, -0.2) is 8.42 Å². The second-order valence-corrected chi connectivity index (χ2v) is 9.95. The van der Waals surface area contributed by atoms with Gasteiger partial charge in [-0.2, -0.15) is 0 Å². The standard InChI is InChI=1S/C18H24N2O4S2/c21-17(19-13-5-3-1-2-4-6-13)9-10-26(23,24)14-7-8-15-16(11-14)25-12-18(22)20-15/h7-8,11,13H,1-6,9-10,12H2,(H,19,21)(H,20,22). The molecule has 1 aliphatic heterocycles. The molecule has 1 aromatic rings. The molecule has 3 rings (SSSR count). The van der Waals surface area contributed by atoms with E-state index >= 15 is 0 Å². The SMILES string of the molecule is O=C1CSc2cc(S(=O)(=O)CCC(=O)NC3CCCCCC3)ccc2N1. The first kappa shape index (κ1) is 19.2. The highest BCUT2D eigenvalue weighted by Gasteiger charge is 2.22. The molecule has 1 saturated carbocycles. The molecule has 0 bridgehead atoms. The molecular formula is C18H24N2O4S2. The van der Waals surface area contributed by atoms with Crippen molar-refractivity contribution in [3.63, 3.8) is 0 Å². The van der Waals surface area contributed by atoms with Crippen molar-refractivity contribution in [1.82, 2.24) is 5.32 Å². The molecule has 2 aliphatic rings. The van der Waals surface area contributed by atoms with Crippen LogP contribution in [0.25, 0.3) is 0 Å². The summed E-state index contributed by atoms with van der Waals surface area (Å²) in [5.74, 6) is -0.213. The number of nitrogens with one attached hydrogen (secondary N) is 2. The van der Waals surface area contributed by atoms with Gasteiger partial charge in [0.1, 0.15) is 0 Å². The van der Waals surface area contributed by atoms with Gasteiger partial charge in [0, 0.05) is 17.4 Å². The maximum atomic E-state index is 12.6. The number of hydrogen-bond acceptors (Lipinski definition) is 5. The maximum Gasteiger partial charge on any atom is 0.234 e. The van der Waals surface area contributed by atoms with Crippen LogP contribution in [-0.2, 0) is 19.4 Å². The molecule has 0 unspecified atom stereocenters. The Kier molecular flexibility index (Phi) is 6.24. The lowest BCUT2D eigenvalue weighted by molar-refractivity contribution is -0.121. The number of amides is 2. The summed E-state index contributed by atoms with van der Waals surface area (Å²) in [5, 5.41) is 5.70. The number of rotatable bonds is 5. The van der Waals surface area contributed by atoms with Gasteiger partial charge in [0.15, 0.2) is 9.84 Å². The molecule has 0 spiro atoms. The molecule has 2 N–H and O–H groups in total. The Morgan fingerprint density at radius 1 is 1.19 bits per heavy atom. The summed E-state index contributed by atoms with van der Waals surface area (Å²) >= 11 is 1.32. The van der Waals surface area contributed by atoms with Crippen molar-refractivity contribution in [2.75, 3.05) is 16.8 Å². The largest absolute Gasteiger partial charge is 0.353 e. The molecule has 2 amide bonds. The van der Waals surface area contributed by atoms with Crippen LogP contribution in [0.5, 0.6) is 0 Å². The quantitative estimate of drug-likeness (QED) is 0.747. The zero-order chi connectivity index (χ0) is 18.6. The summed E-state index contributed by atoms with van der Waals surface area (Å²) in [6, 6.07) is 4.86. The number of sulfone groups is 1. The Morgan fingerprint density at radius 2 is 1.92 bits per heavy atom. The van der Waals surface area contributed by atoms with E-state index in [-0.39, 0.29) is 40.7 Å². The lowest BCUT2D eigenvalue weighted by Crippen LogP contribution is -2.35. The fourth-order valence-electron chi connectivity index (χ4n) is 3.32. The van der Waals surface area contributed by atoms with E-state index in [1.165, 1.54) is 30.7 Å². The minimum Gasteiger partial charge on any atom is -0.353 e. The van der Waals surface area contributed by atoms with E-state index < -0.39 is 9.84 Å². The van der Waals surface area contributed by atoms with E-state index in [2.05, 4.69) is 10.6 Å². The average molecular weight is 397 g/mol. The van der Waals surface area contributed by atoms with E-state index in [4.69, 9.17) is 0 Å². The Labute approximate surface area is 158 Å². The van der Waals surface area contributed by atoms with Gasteiger partial charge in [0.25, 0.3) is 0 Å². The fraction of sp³-hybridized carbons (Fsp3) is 0.556. The predicted molar refractivity (Wildman–Crippen MR) is 102 cm³/mol. The van der Waals surface area contributed by atoms with Crippen molar-refractivity contribution >= 4 is 39.1 Å². The van der Waals surface area contributed by atoms with Gasteiger partial charge in [-0.15, -0.1) is 11.8 Å². The van der Waals surface area contributed by atoms with Gasteiger partial charge in [-0.3, -0.25) is 9.59 Å². The summed E-state index contributed by atoms with van der Waals surface area (Å²) in [4.78, 5) is 24.5. The van der Waals surface area contributed by atoms with Crippen LogP contribution in [0.2, 0.25) is 0 Å². The summed E-state index contributed by atoms with van der Waals surface area (Å²) in [5.41, 5.74) is 0.635. The number of thioether (sulfide) groups is 1. The van der Waals surface area contributed by atoms with Crippen molar-refractivity contribution in [2.45, 2.75) is 60.8 Å². The van der Waals surface area contributed by atoms with E-state index in [1.54, 1.807) is 12.1 Å². The first-order chi connectivity index (χ1) is 12.4. The second-order valence-electron chi connectivity index (χ2n) is 6.82. The van der Waals surface area contributed by atoms with E-state index in [1.807, 2.05) is 0 Å². The van der Waals surface area contributed by atoms with Crippen LogP contribution in [0.15, 0.2) is 28.0 Å². The zero-order valence-corrected chi connectivity index (χ0v) is 16.3. The topological polar surface area (TPSA) is 92.3 Å². The predicted octanol–water partition coefficient (Wildman–Crippen LogP) is 2.73. The molecule has 26 heavy (non-hydrogen) atoms. The Balaban J connectivity index is 1.58. The van der Waals surface area contributed by atoms with Crippen LogP contribution < -0.4 is 10.6 Å². The lowest BCUT2D eigenvalue weighted by Gasteiger charge is -2.17. The van der Waals surface area contributed by atoms with Crippen molar-refractivity contribution in [3.05, 3.63) is 18.2 Å². The van der Waals surface area contributed by atoms with Gasteiger partial charge in [0.05, 0.1) is 22.1 Å². The molecule has 0 atom stereocenters. The highest BCUT2D eigenvalue weighted by molar-refractivity contribution is 8.00. The smallest absolute Gasteiger partial charge is 0.234 e. The molecule has 0 radical (unpaired) electrons. The number of benzene rings is 1. The number of anilines is 1. The molecule has 1 heterocycles. The van der Waals surface area contributed by atoms with Gasteiger partial charge in [-0.1, -0.05) is 25.7 Å². The first-order valence-electron chi connectivity index (χ1n) is 9.03. The molecule has 142 valence electrons. The van der Waals surface area contributed by atoms with E-state index in [0.717, 1.165) is 30.6 Å². The molecule has 8 heteroatoms. The molecule has 0 saturated heterocycles. The minimum absolute atomic E-state index is 0.0280. The van der Waals surface area contributed by atoms with E-state index in [9.17, 15) is 18.0 Å². The molecule has 1 fully saturated rings. The van der Waals surface area contributed by atoms with Crippen LogP contribution in [0, 0.1) is 0 Å². The maximum absolute atomic E-state index is 12.6. The normalized spacial score (nSPS) is 18.5. The Hall–Kier alpha value is -1.54. The Morgan fingerprint density at radius 3 is 2.65 bits per heavy atom. The van der Waals surface area contributed by atoms with Gasteiger partial charge in [0.2, 0.25) is 11.8 Å². The molecule has 6 nitrogen and oxygen atoms in total. The van der Waals surface area contributed by atoms with Gasteiger partial charge >= 0.3 is 0 Å². The van der Waals surface area contributed by atoms with Crippen molar-refractivity contribution < 1.29 is 18.0 Å². The number of fused-ring (bicyclic) bond motifs is 1. The minimum atomic E-state index is -3.54. The van der Waals surface area contributed by atoms with E-state index in [0.29, 0.717) is 5.69 Å². The van der Waals surface area contributed by atoms with Crippen LogP contribution in [0.4, 0.5) is 5.69 Å². The van der Waals surface area contributed by atoms with Crippen molar-refractivity contribution in [2.24, 2.45) is 0 Å². The molecule has 0 aromatic heterocycles. The number of hydrogen-bond donors (Lipinski definition) is 2. The van der Waals surface area contributed by atoms with Gasteiger partial charge < -0.3 is 10.6 Å². The Bertz CT molecular complexity index is 784. The van der Waals surface area contributed by atoms with Gasteiger partial charge in [-0.05, 0) is 31.0 Å². The summed E-state index contributed by atoms with van der Waals surface area (Å²) in [6.45, 7) is 0. The third-order valence-electron chi connectivity index (χ3n) is 4.76. The van der Waals surface area contributed by atoms with Crippen molar-refractivity contribution in [1.29, 1.82) is 0 Å². The summed E-state index contributed by atoms with van der Waals surface area (Å²) in [6.07, 6.45) is 6.58.